The molecule has 0 aliphatic rings. The van der Waals surface area contributed by atoms with Crippen LogP contribution in [-0.4, -0.2) is 10.5 Å². The monoisotopic (exact) mass is 303 g/mol. The molecule has 2 rings (SSSR count). The molecule has 0 saturated carbocycles. The summed E-state index contributed by atoms with van der Waals surface area (Å²) in [5.41, 5.74) is -0.110. The minimum absolute atomic E-state index is 0.105. The van der Waals surface area contributed by atoms with Crippen molar-refractivity contribution < 1.29 is 9.66 Å². The Hall–Kier alpha value is -2.01. The number of hydrogen-bond donors (Lipinski definition) is 0. The van der Waals surface area contributed by atoms with Crippen molar-refractivity contribution in [3.05, 3.63) is 58.6 Å². The van der Waals surface area contributed by atoms with E-state index in [4.69, 9.17) is 4.74 Å². The Morgan fingerprint density at radius 3 is 1.86 bits per heavy atom. The minimum Gasteiger partial charge on any atom is -0.488 e. The van der Waals surface area contributed by atoms with E-state index in [1.54, 1.807) is 23.9 Å². The second-order valence-electron chi connectivity index (χ2n) is 5.54. The van der Waals surface area contributed by atoms with Gasteiger partial charge in [-0.3, -0.25) is 10.1 Å². The lowest BCUT2D eigenvalue weighted by Gasteiger charge is -2.21. The SMILES string of the molecule is CC(C)(C)Oc1ccc(Sc2ccc([N+](=O)[O-])cc2)cc1. The van der Waals surface area contributed by atoms with E-state index < -0.39 is 4.92 Å². The first-order valence-corrected chi connectivity index (χ1v) is 7.36. The zero-order valence-electron chi connectivity index (χ0n) is 12.2. The van der Waals surface area contributed by atoms with Crippen molar-refractivity contribution in [3.8, 4) is 5.75 Å². The highest BCUT2D eigenvalue weighted by atomic mass is 32.2. The maximum absolute atomic E-state index is 10.6. The molecule has 0 bridgehead atoms. The summed E-state index contributed by atoms with van der Waals surface area (Å²) < 4.78 is 5.76. The van der Waals surface area contributed by atoms with Crippen molar-refractivity contribution in [2.45, 2.75) is 36.2 Å². The van der Waals surface area contributed by atoms with Crippen LogP contribution in [0.1, 0.15) is 20.8 Å². The molecule has 4 nitrogen and oxygen atoms in total. The molecule has 2 aromatic carbocycles. The van der Waals surface area contributed by atoms with Gasteiger partial charge < -0.3 is 4.74 Å². The minimum atomic E-state index is -0.396. The number of rotatable bonds is 4. The lowest BCUT2D eigenvalue weighted by atomic mass is 10.2. The zero-order chi connectivity index (χ0) is 15.5. The van der Waals surface area contributed by atoms with Gasteiger partial charge in [0, 0.05) is 21.9 Å². The fraction of sp³-hybridized carbons (Fsp3) is 0.250. The van der Waals surface area contributed by atoms with E-state index in [-0.39, 0.29) is 11.3 Å². The summed E-state index contributed by atoms with van der Waals surface area (Å²) in [6, 6.07) is 14.3. The standard InChI is InChI=1S/C16H17NO3S/c1-16(2,3)20-13-6-10-15(11-7-13)21-14-8-4-12(5-9-14)17(18)19/h4-11H,1-3H3. The number of non-ortho nitro benzene ring substituents is 1. The van der Waals surface area contributed by atoms with Crippen LogP contribution < -0.4 is 4.74 Å². The van der Waals surface area contributed by atoms with Gasteiger partial charge in [-0.1, -0.05) is 11.8 Å². The molecule has 0 aliphatic carbocycles. The number of benzene rings is 2. The molecule has 0 spiro atoms. The molecule has 0 atom stereocenters. The third-order valence-corrected chi connectivity index (χ3v) is 3.55. The predicted molar refractivity (Wildman–Crippen MR) is 84.0 cm³/mol. The number of ether oxygens (including phenoxy) is 1. The average Bonchev–Trinajstić information content (AvgIpc) is 2.40. The summed E-state index contributed by atoms with van der Waals surface area (Å²) in [6.07, 6.45) is 0. The Morgan fingerprint density at radius 1 is 0.952 bits per heavy atom. The number of nitro groups is 1. The quantitative estimate of drug-likeness (QED) is 0.594. The molecule has 2 aromatic rings. The summed E-state index contributed by atoms with van der Waals surface area (Å²) in [5.74, 6) is 0.829. The first-order chi connectivity index (χ1) is 9.83. The van der Waals surface area contributed by atoms with Crippen molar-refractivity contribution in [1.82, 2.24) is 0 Å². The molecule has 0 aliphatic heterocycles. The Balaban J connectivity index is 2.04. The number of nitro benzene ring substituents is 1. The smallest absolute Gasteiger partial charge is 0.269 e. The van der Waals surface area contributed by atoms with Crippen LogP contribution in [0.5, 0.6) is 5.75 Å². The summed E-state index contributed by atoms with van der Waals surface area (Å²) in [6.45, 7) is 6.02. The topological polar surface area (TPSA) is 52.4 Å². The van der Waals surface area contributed by atoms with Gasteiger partial charge in [0.05, 0.1) is 4.92 Å². The van der Waals surface area contributed by atoms with Crippen LogP contribution in [0.4, 0.5) is 5.69 Å². The molecule has 5 heteroatoms. The predicted octanol–water partition coefficient (Wildman–Crippen LogP) is 4.92. The molecular weight excluding hydrogens is 286 g/mol. The maximum Gasteiger partial charge on any atom is 0.269 e. The van der Waals surface area contributed by atoms with Gasteiger partial charge in [0.1, 0.15) is 11.4 Å². The maximum atomic E-state index is 10.6. The second-order valence-corrected chi connectivity index (χ2v) is 6.69. The first-order valence-electron chi connectivity index (χ1n) is 6.55. The highest BCUT2D eigenvalue weighted by Crippen LogP contribution is 2.30. The highest BCUT2D eigenvalue weighted by Gasteiger charge is 2.11. The summed E-state index contributed by atoms with van der Waals surface area (Å²) >= 11 is 1.56. The number of nitrogens with zero attached hydrogens (tertiary/aromatic N) is 1. The third-order valence-electron chi connectivity index (χ3n) is 2.53. The van der Waals surface area contributed by atoms with Crippen LogP contribution in [-0.2, 0) is 0 Å². The van der Waals surface area contributed by atoms with Crippen LogP contribution >= 0.6 is 11.8 Å². The van der Waals surface area contributed by atoms with Crippen molar-refractivity contribution in [2.75, 3.05) is 0 Å². The van der Waals surface area contributed by atoms with Crippen LogP contribution in [0.3, 0.4) is 0 Å². The van der Waals surface area contributed by atoms with Gasteiger partial charge in [0.15, 0.2) is 0 Å². The fourth-order valence-electron chi connectivity index (χ4n) is 1.70. The largest absolute Gasteiger partial charge is 0.488 e. The van der Waals surface area contributed by atoms with E-state index in [0.29, 0.717) is 0 Å². The highest BCUT2D eigenvalue weighted by molar-refractivity contribution is 7.99. The molecular formula is C16H17NO3S. The van der Waals surface area contributed by atoms with Gasteiger partial charge in [0.2, 0.25) is 0 Å². The molecule has 0 heterocycles. The lowest BCUT2D eigenvalue weighted by molar-refractivity contribution is -0.384. The summed E-state index contributed by atoms with van der Waals surface area (Å²) in [4.78, 5) is 12.2. The Bertz CT molecular complexity index is 615. The lowest BCUT2D eigenvalue weighted by Crippen LogP contribution is -2.22. The third kappa shape index (κ3) is 4.79. The summed E-state index contributed by atoms with van der Waals surface area (Å²) in [5, 5.41) is 10.6. The molecule has 0 fully saturated rings. The van der Waals surface area contributed by atoms with Gasteiger partial charge in [-0.05, 0) is 57.2 Å². The van der Waals surface area contributed by atoms with Gasteiger partial charge in [-0.2, -0.15) is 0 Å². The van der Waals surface area contributed by atoms with Crippen LogP contribution in [0, 0.1) is 10.1 Å². The van der Waals surface area contributed by atoms with E-state index in [0.717, 1.165) is 15.5 Å². The molecule has 0 unspecified atom stereocenters. The molecule has 21 heavy (non-hydrogen) atoms. The van der Waals surface area contributed by atoms with Crippen molar-refractivity contribution >= 4 is 17.4 Å². The zero-order valence-corrected chi connectivity index (χ0v) is 13.0. The van der Waals surface area contributed by atoms with Crippen LogP contribution in [0.25, 0.3) is 0 Å². The molecule has 0 saturated heterocycles. The molecule has 0 radical (unpaired) electrons. The van der Waals surface area contributed by atoms with E-state index in [9.17, 15) is 10.1 Å². The van der Waals surface area contributed by atoms with Gasteiger partial charge in [0.25, 0.3) is 5.69 Å². The second kappa shape index (κ2) is 6.18. The van der Waals surface area contributed by atoms with E-state index in [1.165, 1.54) is 12.1 Å². The molecule has 0 amide bonds. The Labute approximate surface area is 128 Å². The van der Waals surface area contributed by atoms with Crippen molar-refractivity contribution in [3.63, 3.8) is 0 Å². The van der Waals surface area contributed by atoms with Gasteiger partial charge in [-0.15, -0.1) is 0 Å². The normalized spacial score (nSPS) is 11.2. The number of hydrogen-bond acceptors (Lipinski definition) is 4. The van der Waals surface area contributed by atoms with Crippen molar-refractivity contribution in [1.29, 1.82) is 0 Å². The van der Waals surface area contributed by atoms with Crippen LogP contribution in [0.2, 0.25) is 0 Å². The molecule has 0 N–H and O–H groups in total. The first kappa shape index (κ1) is 15.4. The fourth-order valence-corrected chi connectivity index (χ4v) is 2.52. The molecule has 0 aromatic heterocycles. The summed E-state index contributed by atoms with van der Waals surface area (Å²) in [7, 11) is 0. The van der Waals surface area contributed by atoms with Crippen LogP contribution in [0.15, 0.2) is 58.3 Å². The average molecular weight is 303 g/mol. The van der Waals surface area contributed by atoms with Crippen molar-refractivity contribution in [2.24, 2.45) is 0 Å². The Kier molecular flexibility index (Phi) is 4.53. The molecule has 110 valence electrons. The van der Waals surface area contributed by atoms with Gasteiger partial charge in [-0.25, -0.2) is 0 Å². The van der Waals surface area contributed by atoms with E-state index >= 15 is 0 Å². The Morgan fingerprint density at radius 2 is 1.43 bits per heavy atom. The van der Waals surface area contributed by atoms with E-state index in [1.807, 2.05) is 45.0 Å². The van der Waals surface area contributed by atoms with E-state index in [2.05, 4.69) is 0 Å². The van der Waals surface area contributed by atoms with Gasteiger partial charge >= 0.3 is 0 Å².